The quantitative estimate of drug-likeness (QED) is 0.853. The highest BCUT2D eigenvalue weighted by Gasteiger charge is 2.13. The van der Waals surface area contributed by atoms with Crippen LogP contribution in [0.4, 0.5) is 5.82 Å². The van der Waals surface area contributed by atoms with E-state index in [0.29, 0.717) is 5.82 Å². The molecule has 0 spiro atoms. The van der Waals surface area contributed by atoms with Crippen molar-refractivity contribution in [1.29, 1.82) is 0 Å². The van der Waals surface area contributed by atoms with Gasteiger partial charge in [-0.05, 0) is 18.5 Å². The van der Waals surface area contributed by atoms with Gasteiger partial charge in [-0.25, -0.2) is 9.78 Å². The number of benzene rings is 1. The molecule has 0 bridgehead atoms. The number of nitrogens with one attached hydrogen (secondary N) is 1. The number of aromatic carboxylic acids is 1. The maximum absolute atomic E-state index is 11.1. The van der Waals surface area contributed by atoms with Crippen LogP contribution in [0.2, 0.25) is 0 Å². The molecular weight excluding hydrogens is 242 g/mol. The Bertz CT molecular complexity index is 598. The Hall–Kier alpha value is -2.14. The molecule has 19 heavy (non-hydrogen) atoms. The predicted molar refractivity (Wildman–Crippen MR) is 75.9 cm³/mol. The summed E-state index contributed by atoms with van der Waals surface area (Å²) in [5, 5.41) is 14.1. The lowest BCUT2D eigenvalue weighted by Crippen LogP contribution is -2.28. The van der Waals surface area contributed by atoms with Crippen molar-refractivity contribution in [3.63, 3.8) is 0 Å². The fourth-order valence-electron chi connectivity index (χ4n) is 1.97. The molecule has 1 heterocycles. The fourth-order valence-corrected chi connectivity index (χ4v) is 1.97. The second-order valence-electron chi connectivity index (χ2n) is 4.38. The number of carboxylic acids is 1. The molecule has 0 aliphatic heterocycles. The highest BCUT2D eigenvalue weighted by atomic mass is 16.4. The minimum Gasteiger partial charge on any atom is -0.477 e. The normalized spacial score (nSPS) is 10.6. The second-order valence-corrected chi connectivity index (χ2v) is 4.38. The minimum absolute atomic E-state index is 0.0741. The lowest BCUT2D eigenvalue weighted by atomic mass is 10.1. The van der Waals surface area contributed by atoms with Gasteiger partial charge in [0.05, 0.1) is 0 Å². The molecule has 0 saturated carbocycles. The van der Waals surface area contributed by atoms with Crippen molar-refractivity contribution in [2.75, 3.05) is 32.1 Å². The van der Waals surface area contributed by atoms with Crippen LogP contribution in [0.3, 0.4) is 0 Å². The zero-order valence-corrected chi connectivity index (χ0v) is 11.1. The van der Waals surface area contributed by atoms with Gasteiger partial charge in [0.2, 0.25) is 0 Å². The zero-order valence-electron chi connectivity index (χ0n) is 11.1. The molecule has 5 nitrogen and oxygen atoms in total. The Morgan fingerprint density at radius 2 is 2.16 bits per heavy atom. The summed E-state index contributed by atoms with van der Waals surface area (Å²) >= 11 is 0. The number of aromatic nitrogens is 1. The standard InChI is InChI=1S/C14H17N3O2/c1-15-7-8-17(2)13-11-6-4-3-5-10(11)9-12(16-13)14(18)19/h3-6,9,15H,7-8H2,1-2H3,(H,18,19). The average molecular weight is 259 g/mol. The molecule has 2 rings (SSSR count). The van der Waals surface area contributed by atoms with Crippen LogP contribution >= 0.6 is 0 Å². The third kappa shape index (κ3) is 2.82. The number of pyridine rings is 1. The van der Waals surface area contributed by atoms with Gasteiger partial charge in [-0.1, -0.05) is 24.3 Å². The monoisotopic (exact) mass is 259 g/mol. The van der Waals surface area contributed by atoms with E-state index >= 15 is 0 Å². The van der Waals surface area contributed by atoms with Crippen LogP contribution in [0.15, 0.2) is 30.3 Å². The number of carboxylic acid groups (broad SMARTS) is 1. The molecule has 2 N–H and O–H groups in total. The maximum atomic E-state index is 11.1. The molecule has 0 aliphatic rings. The number of nitrogens with zero attached hydrogens (tertiary/aromatic N) is 2. The summed E-state index contributed by atoms with van der Waals surface area (Å²) < 4.78 is 0. The summed E-state index contributed by atoms with van der Waals surface area (Å²) in [6, 6.07) is 9.29. The Balaban J connectivity index is 2.53. The third-order valence-electron chi connectivity index (χ3n) is 3.00. The van der Waals surface area contributed by atoms with E-state index in [4.69, 9.17) is 5.11 Å². The van der Waals surface area contributed by atoms with Gasteiger partial charge in [0.25, 0.3) is 0 Å². The molecule has 0 aliphatic carbocycles. The first-order valence-electron chi connectivity index (χ1n) is 6.12. The van der Waals surface area contributed by atoms with Gasteiger partial charge in [0, 0.05) is 25.5 Å². The van der Waals surface area contributed by atoms with Gasteiger partial charge >= 0.3 is 5.97 Å². The molecule has 0 saturated heterocycles. The summed E-state index contributed by atoms with van der Waals surface area (Å²) in [6.45, 7) is 1.57. The number of likely N-dealkylation sites (N-methyl/N-ethyl adjacent to an activating group) is 2. The SMILES string of the molecule is CNCCN(C)c1nc(C(=O)O)cc2ccccc12. The summed E-state index contributed by atoms with van der Waals surface area (Å²) in [7, 11) is 3.80. The van der Waals surface area contributed by atoms with Crippen LogP contribution in [0.1, 0.15) is 10.5 Å². The van der Waals surface area contributed by atoms with Crippen LogP contribution in [-0.2, 0) is 0 Å². The van der Waals surface area contributed by atoms with E-state index in [2.05, 4.69) is 10.3 Å². The summed E-state index contributed by atoms with van der Waals surface area (Å²) in [5.74, 6) is -0.306. The van der Waals surface area contributed by atoms with E-state index in [-0.39, 0.29) is 5.69 Å². The largest absolute Gasteiger partial charge is 0.477 e. The number of fused-ring (bicyclic) bond motifs is 1. The zero-order chi connectivity index (χ0) is 13.8. The summed E-state index contributed by atoms with van der Waals surface area (Å²) in [4.78, 5) is 17.4. The van der Waals surface area contributed by atoms with Gasteiger partial charge in [-0.2, -0.15) is 0 Å². The molecule has 0 radical (unpaired) electrons. The van der Waals surface area contributed by atoms with Crippen molar-refractivity contribution < 1.29 is 9.90 Å². The predicted octanol–water partition coefficient (Wildman–Crippen LogP) is 1.59. The summed E-state index contributed by atoms with van der Waals surface area (Å²) in [5.41, 5.74) is 0.0741. The molecule has 0 amide bonds. The molecule has 0 fully saturated rings. The van der Waals surface area contributed by atoms with Crippen molar-refractivity contribution in [2.45, 2.75) is 0 Å². The molecule has 2 aromatic rings. The first kappa shape index (κ1) is 13.3. The molecular formula is C14H17N3O2. The smallest absolute Gasteiger partial charge is 0.354 e. The van der Waals surface area contributed by atoms with Crippen LogP contribution in [0.5, 0.6) is 0 Å². The number of carbonyl (C=O) groups is 1. The summed E-state index contributed by atoms with van der Waals surface area (Å²) in [6.07, 6.45) is 0. The van der Waals surface area contributed by atoms with Crippen molar-refractivity contribution in [3.05, 3.63) is 36.0 Å². The van der Waals surface area contributed by atoms with Crippen LogP contribution in [0.25, 0.3) is 10.8 Å². The van der Waals surface area contributed by atoms with E-state index in [0.717, 1.165) is 23.9 Å². The van der Waals surface area contributed by atoms with E-state index in [1.165, 1.54) is 0 Å². The van der Waals surface area contributed by atoms with Gasteiger partial charge in [-0.3, -0.25) is 0 Å². The first-order chi connectivity index (χ1) is 9.13. The number of hydrogen-bond acceptors (Lipinski definition) is 4. The molecule has 1 aromatic heterocycles. The van der Waals surface area contributed by atoms with Crippen molar-refractivity contribution >= 4 is 22.6 Å². The van der Waals surface area contributed by atoms with Crippen molar-refractivity contribution in [3.8, 4) is 0 Å². The Labute approximate surface area is 111 Å². The highest BCUT2D eigenvalue weighted by Crippen LogP contribution is 2.24. The highest BCUT2D eigenvalue weighted by molar-refractivity contribution is 5.97. The lowest BCUT2D eigenvalue weighted by Gasteiger charge is -2.20. The van der Waals surface area contributed by atoms with Gasteiger partial charge < -0.3 is 15.3 Å². The van der Waals surface area contributed by atoms with Crippen LogP contribution in [-0.4, -0.2) is 43.2 Å². The molecule has 5 heteroatoms. The Morgan fingerprint density at radius 3 is 2.84 bits per heavy atom. The van der Waals surface area contributed by atoms with Gasteiger partial charge in [-0.15, -0.1) is 0 Å². The van der Waals surface area contributed by atoms with Crippen molar-refractivity contribution in [2.24, 2.45) is 0 Å². The van der Waals surface area contributed by atoms with Crippen LogP contribution in [0, 0.1) is 0 Å². The molecule has 0 unspecified atom stereocenters. The Kier molecular flexibility index (Phi) is 3.97. The second kappa shape index (κ2) is 5.67. The topological polar surface area (TPSA) is 65.5 Å². The molecule has 0 atom stereocenters. The van der Waals surface area contributed by atoms with Crippen LogP contribution < -0.4 is 10.2 Å². The fraction of sp³-hybridized carbons (Fsp3) is 0.286. The lowest BCUT2D eigenvalue weighted by molar-refractivity contribution is 0.0691. The minimum atomic E-state index is -1.01. The third-order valence-corrected chi connectivity index (χ3v) is 3.00. The number of hydrogen-bond donors (Lipinski definition) is 2. The Morgan fingerprint density at radius 1 is 1.42 bits per heavy atom. The number of anilines is 1. The number of rotatable bonds is 5. The molecule has 100 valence electrons. The van der Waals surface area contributed by atoms with E-state index in [1.54, 1.807) is 6.07 Å². The van der Waals surface area contributed by atoms with E-state index in [1.807, 2.05) is 43.3 Å². The van der Waals surface area contributed by atoms with E-state index in [9.17, 15) is 4.79 Å². The van der Waals surface area contributed by atoms with Gasteiger partial charge in [0.15, 0.2) is 5.69 Å². The van der Waals surface area contributed by atoms with Crippen molar-refractivity contribution in [1.82, 2.24) is 10.3 Å². The molecule has 1 aromatic carbocycles. The first-order valence-corrected chi connectivity index (χ1v) is 6.12. The maximum Gasteiger partial charge on any atom is 0.354 e. The average Bonchev–Trinajstić information content (AvgIpc) is 2.43. The van der Waals surface area contributed by atoms with E-state index < -0.39 is 5.97 Å². The van der Waals surface area contributed by atoms with Gasteiger partial charge in [0.1, 0.15) is 5.82 Å².